The van der Waals surface area contributed by atoms with Crippen LogP contribution in [-0.2, 0) is 4.74 Å². The van der Waals surface area contributed by atoms with Crippen molar-refractivity contribution < 1.29 is 9.84 Å². The molecule has 0 bridgehead atoms. The van der Waals surface area contributed by atoms with E-state index in [-0.39, 0.29) is 12.7 Å². The maximum absolute atomic E-state index is 8.87. The Bertz CT molecular complexity index is 267. The monoisotopic (exact) mass is 340 g/mol. The predicted molar refractivity (Wildman–Crippen MR) is 104 cm³/mol. The zero-order valence-corrected chi connectivity index (χ0v) is 16.6. The lowest BCUT2D eigenvalue weighted by molar-refractivity contribution is 0.0231. The average Bonchev–Trinajstić information content (AvgIpc) is 3.34. The lowest BCUT2D eigenvalue weighted by Gasteiger charge is -2.09. The van der Waals surface area contributed by atoms with Gasteiger partial charge in [-0.15, -0.1) is 0 Å². The van der Waals surface area contributed by atoms with Gasteiger partial charge >= 0.3 is 0 Å². The lowest BCUT2D eigenvalue weighted by atomic mass is 10.0. The Morgan fingerprint density at radius 2 is 1.29 bits per heavy atom. The molecule has 0 aromatic carbocycles. The number of unbranched alkanes of at least 4 members (excludes halogenated alkanes) is 10. The molecule has 0 aromatic rings. The van der Waals surface area contributed by atoms with Crippen LogP contribution in [0.25, 0.3) is 0 Å². The first-order chi connectivity index (χ1) is 11.8. The summed E-state index contributed by atoms with van der Waals surface area (Å²) in [6.45, 7) is 5.17. The van der Waals surface area contributed by atoms with Crippen molar-refractivity contribution in [3.63, 3.8) is 0 Å². The second kappa shape index (κ2) is 15.2. The van der Waals surface area contributed by atoms with Crippen LogP contribution >= 0.6 is 0 Å². The van der Waals surface area contributed by atoms with Gasteiger partial charge in [0.1, 0.15) is 0 Å². The molecule has 0 aliphatic heterocycles. The molecule has 144 valence electrons. The molecule has 0 aromatic heterocycles. The Morgan fingerprint density at radius 1 is 0.792 bits per heavy atom. The summed E-state index contributed by atoms with van der Waals surface area (Å²) < 4.78 is 5.48. The zero-order valence-electron chi connectivity index (χ0n) is 16.6. The highest BCUT2D eigenvalue weighted by Crippen LogP contribution is 2.45. The third-order valence-electron chi connectivity index (χ3n) is 5.63. The molecule has 1 fully saturated rings. The maximum atomic E-state index is 8.87. The van der Waals surface area contributed by atoms with E-state index in [0.29, 0.717) is 0 Å². The van der Waals surface area contributed by atoms with Gasteiger partial charge in [-0.05, 0) is 31.6 Å². The zero-order chi connectivity index (χ0) is 17.5. The van der Waals surface area contributed by atoms with Crippen molar-refractivity contribution in [2.75, 3.05) is 13.2 Å². The van der Waals surface area contributed by atoms with E-state index in [2.05, 4.69) is 6.92 Å². The molecule has 3 unspecified atom stereocenters. The highest BCUT2D eigenvalue weighted by atomic mass is 16.5. The van der Waals surface area contributed by atoms with E-state index in [9.17, 15) is 0 Å². The predicted octanol–water partition coefficient (Wildman–Crippen LogP) is 6.50. The standard InChI is InChI=1S/C22H44O2/c1-3-4-5-6-9-12-15-21-18-22(21)16-13-10-7-8-11-14-17-24-20(2)19-23/h20-23H,3-19H2,1-2H3. The fourth-order valence-corrected chi connectivity index (χ4v) is 3.76. The molecule has 2 nitrogen and oxygen atoms in total. The Hall–Kier alpha value is -0.0800. The van der Waals surface area contributed by atoms with Gasteiger partial charge in [0.25, 0.3) is 0 Å². The quantitative estimate of drug-likeness (QED) is 0.288. The van der Waals surface area contributed by atoms with Crippen LogP contribution in [0.15, 0.2) is 0 Å². The summed E-state index contributed by atoms with van der Waals surface area (Å²) in [5.41, 5.74) is 0. The van der Waals surface area contributed by atoms with Crippen LogP contribution in [0.4, 0.5) is 0 Å². The van der Waals surface area contributed by atoms with Crippen molar-refractivity contribution in [3.8, 4) is 0 Å². The van der Waals surface area contributed by atoms with Gasteiger partial charge in [-0.3, -0.25) is 0 Å². The largest absolute Gasteiger partial charge is 0.394 e. The molecule has 1 saturated carbocycles. The Kier molecular flexibility index (Phi) is 13.9. The first-order valence-electron chi connectivity index (χ1n) is 11.0. The minimum absolute atomic E-state index is 0.00725. The van der Waals surface area contributed by atoms with Crippen molar-refractivity contribution in [2.24, 2.45) is 11.8 Å². The van der Waals surface area contributed by atoms with Crippen LogP contribution in [0.5, 0.6) is 0 Å². The second-order valence-corrected chi connectivity index (χ2v) is 8.09. The highest BCUT2D eigenvalue weighted by Gasteiger charge is 2.34. The normalized spacial score (nSPS) is 21.1. The molecular formula is C22H44O2. The minimum atomic E-state index is 0.00725. The third-order valence-corrected chi connectivity index (χ3v) is 5.63. The van der Waals surface area contributed by atoms with E-state index in [4.69, 9.17) is 9.84 Å². The van der Waals surface area contributed by atoms with E-state index in [0.717, 1.165) is 24.9 Å². The summed E-state index contributed by atoms with van der Waals surface area (Å²) in [5, 5.41) is 8.87. The Balaban J connectivity index is 1.74. The SMILES string of the molecule is CCCCCCCCC1CC1CCCCCCCCOC(C)CO. The molecule has 1 aliphatic rings. The van der Waals surface area contributed by atoms with Crippen LogP contribution in [0.3, 0.4) is 0 Å². The molecule has 1 N–H and O–H groups in total. The summed E-state index contributed by atoms with van der Waals surface area (Å²) in [4.78, 5) is 0. The fraction of sp³-hybridized carbons (Fsp3) is 1.00. The molecule has 1 aliphatic carbocycles. The summed E-state index contributed by atoms with van der Waals surface area (Å²) >= 11 is 0. The van der Waals surface area contributed by atoms with Gasteiger partial charge in [-0.1, -0.05) is 90.4 Å². The van der Waals surface area contributed by atoms with Crippen LogP contribution in [-0.4, -0.2) is 24.4 Å². The van der Waals surface area contributed by atoms with Gasteiger partial charge in [-0.25, -0.2) is 0 Å². The first kappa shape index (κ1) is 22.0. The van der Waals surface area contributed by atoms with Crippen molar-refractivity contribution in [1.29, 1.82) is 0 Å². The van der Waals surface area contributed by atoms with Gasteiger partial charge in [0, 0.05) is 6.61 Å². The van der Waals surface area contributed by atoms with Crippen LogP contribution in [0.2, 0.25) is 0 Å². The van der Waals surface area contributed by atoms with Crippen LogP contribution < -0.4 is 0 Å². The number of rotatable bonds is 18. The molecule has 0 saturated heterocycles. The minimum Gasteiger partial charge on any atom is -0.394 e. The molecule has 24 heavy (non-hydrogen) atoms. The molecular weight excluding hydrogens is 296 g/mol. The number of hydrogen-bond donors (Lipinski definition) is 1. The summed E-state index contributed by atoms with van der Waals surface area (Å²) in [5.74, 6) is 2.19. The number of hydrogen-bond acceptors (Lipinski definition) is 2. The topological polar surface area (TPSA) is 29.5 Å². The summed E-state index contributed by atoms with van der Waals surface area (Å²) in [6, 6.07) is 0. The van der Waals surface area contributed by atoms with E-state index >= 15 is 0 Å². The molecule has 2 heteroatoms. The van der Waals surface area contributed by atoms with Crippen molar-refractivity contribution in [1.82, 2.24) is 0 Å². The smallest absolute Gasteiger partial charge is 0.0777 e. The first-order valence-corrected chi connectivity index (χ1v) is 11.0. The lowest BCUT2D eigenvalue weighted by Crippen LogP contribution is -2.13. The van der Waals surface area contributed by atoms with E-state index in [1.165, 1.54) is 89.9 Å². The average molecular weight is 341 g/mol. The molecule has 0 radical (unpaired) electrons. The van der Waals surface area contributed by atoms with E-state index in [1.54, 1.807) is 0 Å². The van der Waals surface area contributed by atoms with E-state index < -0.39 is 0 Å². The highest BCUT2D eigenvalue weighted by molar-refractivity contribution is 4.85. The Labute approximate surface area is 151 Å². The Morgan fingerprint density at radius 3 is 1.83 bits per heavy atom. The van der Waals surface area contributed by atoms with Crippen LogP contribution in [0, 0.1) is 11.8 Å². The van der Waals surface area contributed by atoms with Gasteiger partial charge < -0.3 is 9.84 Å². The molecule has 1 rings (SSSR count). The summed E-state index contributed by atoms with van der Waals surface area (Å²) in [7, 11) is 0. The summed E-state index contributed by atoms with van der Waals surface area (Å²) in [6.07, 6.45) is 21.3. The van der Waals surface area contributed by atoms with Gasteiger partial charge in [-0.2, -0.15) is 0 Å². The molecule has 3 atom stereocenters. The van der Waals surface area contributed by atoms with Gasteiger partial charge in [0.2, 0.25) is 0 Å². The molecule has 0 spiro atoms. The van der Waals surface area contributed by atoms with Crippen molar-refractivity contribution in [3.05, 3.63) is 0 Å². The fourth-order valence-electron chi connectivity index (χ4n) is 3.76. The van der Waals surface area contributed by atoms with Gasteiger partial charge in [0.15, 0.2) is 0 Å². The second-order valence-electron chi connectivity index (χ2n) is 8.09. The number of aliphatic hydroxyl groups is 1. The number of aliphatic hydroxyl groups excluding tert-OH is 1. The van der Waals surface area contributed by atoms with Crippen LogP contribution in [0.1, 0.15) is 110 Å². The van der Waals surface area contributed by atoms with E-state index in [1.807, 2.05) is 6.92 Å². The van der Waals surface area contributed by atoms with Crippen molar-refractivity contribution >= 4 is 0 Å². The molecule has 0 heterocycles. The van der Waals surface area contributed by atoms with Crippen molar-refractivity contribution in [2.45, 2.75) is 116 Å². The number of ether oxygens (including phenoxy) is 1. The third kappa shape index (κ3) is 12.3. The maximum Gasteiger partial charge on any atom is 0.0777 e. The molecule has 0 amide bonds. The van der Waals surface area contributed by atoms with Gasteiger partial charge in [0.05, 0.1) is 12.7 Å².